The Morgan fingerprint density at radius 3 is 2.57 bits per heavy atom. The van der Waals surface area contributed by atoms with E-state index in [1.54, 1.807) is 43.5 Å². The minimum Gasteiger partial charge on any atom is -0.385 e. The summed E-state index contributed by atoms with van der Waals surface area (Å²) < 4.78 is 41.2. The summed E-state index contributed by atoms with van der Waals surface area (Å²) in [6, 6.07) is 8.20. The lowest BCUT2D eigenvalue weighted by molar-refractivity contribution is -0.140. The largest absolute Gasteiger partial charge is 0.436 e. The van der Waals surface area contributed by atoms with E-state index in [2.05, 4.69) is 10.3 Å². The fourth-order valence-electron chi connectivity index (χ4n) is 3.26. The zero-order valence-electron chi connectivity index (χ0n) is 14.4. The third-order valence-corrected chi connectivity index (χ3v) is 5.29. The molecule has 0 fully saturated rings. The van der Waals surface area contributed by atoms with Gasteiger partial charge in [0.2, 0.25) is 0 Å². The summed E-state index contributed by atoms with van der Waals surface area (Å²) in [5.41, 5.74) is 1.25. The van der Waals surface area contributed by atoms with Gasteiger partial charge in [-0.2, -0.15) is 13.2 Å². The van der Waals surface area contributed by atoms with Crippen LogP contribution in [0.3, 0.4) is 0 Å². The van der Waals surface area contributed by atoms with Crippen LogP contribution in [0.4, 0.5) is 18.9 Å². The van der Waals surface area contributed by atoms with Crippen molar-refractivity contribution < 1.29 is 18.0 Å². The molecule has 28 heavy (non-hydrogen) atoms. The van der Waals surface area contributed by atoms with Gasteiger partial charge < -0.3 is 5.32 Å². The van der Waals surface area contributed by atoms with Crippen molar-refractivity contribution in [2.24, 2.45) is 0 Å². The number of benzene rings is 1. The highest BCUT2D eigenvalue weighted by Gasteiger charge is 2.38. The Morgan fingerprint density at radius 2 is 1.89 bits per heavy atom. The molecule has 4 rings (SSSR count). The van der Waals surface area contributed by atoms with Crippen molar-refractivity contribution in [2.45, 2.75) is 12.6 Å². The molecule has 1 N–H and O–H groups in total. The van der Waals surface area contributed by atoms with E-state index >= 15 is 0 Å². The smallest absolute Gasteiger partial charge is 0.385 e. The topological polar surface area (TPSA) is 46.4 Å². The number of Topliss-reactive ketones (excluding diaryl/α,β-unsaturated/α-hetero) is 1. The molecule has 2 aromatic heterocycles. The van der Waals surface area contributed by atoms with E-state index in [1.165, 1.54) is 4.40 Å². The third-order valence-electron chi connectivity index (χ3n) is 4.59. The molecule has 0 spiro atoms. The second-order valence-corrected chi connectivity index (χ2v) is 7.00. The number of rotatable bonds is 2. The Hall–Kier alpha value is -2.51. The lowest BCUT2D eigenvalue weighted by atomic mass is 9.93. The van der Waals surface area contributed by atoms with Gasteiger partial charge in [0.05, 0.1) is 11.4 Å². The Kier molecular flexibility index (Phi) is 4.39. The first-order valence-electron chi connectivity index (χ1n) is 8.22. The molecule has 1 aliphatic rings. The number of carbonyl (C=O) groups excluding carboxylic acids is 1. The van der Waals surface area contributed by atoms with E-state index in [0.29, 0.717) is 33.1 Å². The molecule has 0 radical (unpaired) electrons. The number of anilines is 1. The molecule has 0 bridgehead atoms. The van der Waals surface area contributed by atoms with E-state index in [-0.39, 0.29) is 17.9 Å². The average molecular weight is 426 g/mol. The van der Waals surface area contributed by atoms with Gasteiger partial charge in [-0.25, -0.2) is 4.98 Å². The SMILES string of the molecule is CNc1ccc(-c2ccc3c(c2)C(Cl)=CCC3=O)n2c(Cl)c(C(F)(F)F)nc12. The molecule has 1 aromatic carbocycles. The van der Waals surface area contributed by atoms with Crippen molar-refractivity contribution in [2.75, 3.05) is 12.4 Å². The number of alkyl halides is 3. The van der Waals surface area contributed by atoms with Crippen molar-refractivity contribution >= 4 is 45.4 Å². The molecule has 3 aromatic rings. The number of carbonyl (C=O) groups is 1. The van der Waals surface area contributed by atoms with Crippen LogP contribution >= 0.6 is 23.2 Å². The Bertz CT molecular complexity index is 1170. The van der Waals surface area contributed by atoms with Crippen molar-refractivity contribution in [3.05, 3.63) is 58.4 Å². The lowest BCUT2D eigenvalue weighted by Crippen LogP contribution is -2.07. The number of allylic oxidation sites excluding steroid dienone is 1. The number of hydrogen-bond acceptors (Lipinski definition) is 3. The maximum Gasteiger partial charge on any atom is 0.436 e. The van der Waals surface area contributed by atoms with Crippen LogP contribution in [-0.2, 0) is 6.18 Å². The van der Waals surface area contributed by atoms with E-state index < -0.39 is 17.0 Å². The van der Waals surface area contributed by atoms with Gasteiger partial charge >= 0.3 is 6.18 Å². The predicted octanol–water partition coefficient (Wildman–Crippen LogP) is 5.88. The first-order chi connectivity index (χ1) is 13.2. The summed E-state index contributed by atoms with van der Waals surface area (Å²) in [5, 5.41) is 2.71. The van der Waals surface area contributed by atoms with Gasteiger partial charge in [0.1, 0.15) is 5.15 Å². The van der Waals surface area contributed by atoms with Crippen LogP contribution in [0.15, 0.2) is 36.4 Å². The zero-order valence-corrected chi connectivity index (χ0v) is 15.9. The monoisotopic (exact) mass is 425 g/mol. The van der Waals surface area contributed by atoms with E-state index in [4.69, 9.17) is 23.2 Å². The fourth-order valence-corrected chi connectivity index (χ4v) is 3.81. The average Bonchev–Trinajstić information content (AvgIpc) is 3.02. The standard InChI is InChI=1S/C19H12Cl2F3N3O/c1-25-13-5-6-14(27-17(21)16(19(22,23)24)26-18(13)27)9-2-3-10-11(8-9)12(20)4-7-15(10)28/h2-6,8,25H,7H2,1H3. The number of imidazole rings is 1. The molecule has 144 valence electrons. The van der Waals surface area contributed by atoms with Crippen molar-refractivity contribution in [1.82, 2.24) is 9.38 Å². The van der Waals surface area contributed by atoms with E-state index in [1.807, 2.05) is 0 Å². The first kappa shape index (κ1) is 18.8. The normalized spacial score (nSPS) is 14.2. The highest BCUT2D eigenvalue weighted by Crippen LogP contribution is 2.39. The number of pyridine rings is 1. The van der Waals surface area contributed by atoms with Crippen molar-refractivity contribution in [1.29, 1.82) is 0 Å². The molecule has 0 saturated carbocycles. The number of aromatic nitrogens is 2. The van der Waals surface area contributed by atoms with Gasteiger partial charge in [-0.1, -0.05) is 41.4 Å². The zero-order chi connectivity index (χ0) is 20.2. The van der Waals surface area contributed by atoms with Gasteiger partial charge in [0, 0.05) is 29.6 Å². The number of halogens is 5. The third kappa shape index (κ3) is 2.86. The summed E-state index contributed by atoms with van der Waals surface area (Å²) in [7, 11) is 1.58. The summed E-state index contributed by atoms with van der Waals surface area (Å²) in [4.78, 5) is 15.8. The maximum atomic E-state index is 13.3. The molecule has 9 heteroatoms. The molecule has 0 atom stereocenters. The Morgan fingerprint density at radius 1 is 1.14 bits per heavy atom. The Balaban J connectivity index is 2.01. The molecule has 0 saturated heterocycles. The molecule has 0 amide bonds. The minimum absolute atomic E-state index is 0.0489. The quantitative estimate of drug-likeness (QED) is 0.557. The summed E-state index contributed by atoms with van der Waals surface area (Å²) in [5.74, 6) is -0.0679. The van der Waals surface area contributed by atoms with Gasteiger partial charge in [-0.3, -0.25) is 9.20 Å². The number of nitrogens with one attached hydrogen (secondary N) is 1. The molecule has 4 nitrogen and oxygen atoms in total. The van der Waals surface area contributed by atoms with Gasteiger partial charge in [0.15, 0.2) is 17.1 Å². The van der Waals surface area contributed by atoms with Crippen molar-refractivity contribution in [3.63, 3.8) is 0 Å². The van der Waals surface area contributed by atoms with Crippen LogP contribution in [0.25, 0.3) is 21.9 Å². The summed E-state index contributed by atoms with van der Waals surface area (Å²) >= 11 is 12.3. The minimum atomic E-state index is -4.69. The summed E-state index contributed by atoms with van der Waals surface area (Å²) in [6.07, 6.45) is -2.87. The molecule has 0 aliphatic heterocycles. The number of hydrogen-bond donors (Lipinski definition) is 1. The van der Waals surface area contributed by atoms with Crippen LogP contribution in [-0.4, -0.2) is 22.2 Å². The van der Waals surface area contributed by atoms with Crippen LogP contribution in [0.2, 0.25) is 5.15 Å². The van der Waals surface area contributed by atoms with Crippen LogP contribution in [0.5, 0.6) is 0 Å². The summed E-state index contributed by atoms with van der Waals surface area (Å²) in [6.45, 7) is 0. The van der Waals surface area contributed by atoms with Crippen LogP contribution in [0.1, 0.15) is 28.0 Å². The number of nitrogens with zero attached hydrogens (tertiary/aromatic N) is 2. The maximum absolute atomic E-state index is 13.3. The van der Waals surface area contributed by atoms with Crippen LogP contribution in [0, 0.1) is 0 Å². The Labute approximate surface area is 167 Å². The molecule has 1 aliphatic carbocycles. The molecule has 0 unspecified atom stereocenters. The van der Waals surface area contributed by atoms with E-state index in [9.17, 15) is 18.0 Å². The molecule has 2 heterocycles. The number of fused-ring (bicyclic) bond motifs is 2. The van der Waals surface area contributed by atoms with Gasteiger partial charge in [-0.05, 0) is 23.8 Å². The second-order valence-electron chi connectivity index (χ2n) is 6.23. The predicted molar refractivity (Wildman–Crippen MR) is 103 cm³/mol. The van der Waals surface area contributed by atoms with E-state index in [0.717, 1.165) is 0 Å². The lowest BCUT2D eigenvalue weighted by Gasteiger charge is -2.16. The van der Waals surface area contributed by atoms with Crippen LogP contribution < -0.4 is 5.32 Å². The second kappa shape index (κ2) is 6.53. The van der Waals surface area contributed by atoms with Crippen molar-refractivity contribution in [3.8, 4) is 11.3 Å². The first-order valence-corrected chi connectivity index (χ1v) is 8.97. The van der Waals surface area contributed by atoms with Gasteiger partial charge in [0.25, 0.3) is 0 Å². The molecular formula is C19H12Cl2F3N3O. The van der Waals surface area contributed by atoms with Gasteiger partial charge in [-0.15, -0.1) is 0 Å². The molecular weight excluding hydrogens is 414 g/mol. The fraction of sp³-hybridized carbons (Fsp3) is 0.158. The highest BCUT2D eigenvalue weighted by molar-refractivity contribution is 6.50. The number of ketones is 1. The highest BCUT2D eigenvalue weighted by atomic mass is 35.5.